The zero-order valence-electron chi connectivity index (χ0n) is 10.3. The van der Waals surface area contributed by atoms with Crippen LogP contribution >= 0.6 is 27.7 Å². The molecule has 0 radical (unpaired) electrons. The first kappa shape index (κ1) is 13.5. The van der Waals surface area contributed by atoms with Gasteiger partial charge in [0.15, 0.2) is 5.58 Å². The molecule has 0 saturated heterocycles. The number of halogens is 2. The molecule has 3 rings (SSSR count). The second kappa shape index (κ2) is 5.46. The minimum Gasteiger partial charge on any atom is -0.431 e. The molecule has 1 aromatic heterocycles. The van der Waals surface area contributed by atoms with E-state index in [9.17, 15) is 4.39 Å². The molecule has 0 aliphatic heterocycles. The molecule has 0 atom stereocenters. The highest BCUT2D eigenvalue weighted by Gasteiger charge is 2.09. The van der Waals surface area contributed by atoms with Crippen LogP contribution in [-0.2, 0) is 5.75 Å². The van der Waals surface area contributed by atoms with Gasteiger partial charge in [-0.2, -0.15) is 0 Å². The number of thioether (sulfide) groups is 1. The average Bonchev–Trinajstić information content (AvgIpc) is 2.81. The molecule has 20 heavy (non-hydrogen) atoms. The van der Waals surface area contributed by atoms with Gasteiger partial charge in [0.05, 0.1) is 0 Å². The van der Waals surface area contributed by atoms with Gasteiger partial charge in [-0.05, 0) is 42.0 Å². The minimum atomic E-state index is -0.235. The maximum Gasteiger partial charge on any atom is 0.257 e. The monoisotopic (exact) mass is 352 g/mol. The van der Waals surface area contributed by atoms with Gasteiger partial charge in [0.1, 0.15) is 11.3 Å². The van der Waals surface area contributed by atoms with E-state index in [1.807, 2.05) is 0 Å². The van der Waals surface area contributed by atoms with Crippen molar-refractivity contribution in [3.8, 4) is 0 Å². The molecular formula is C14H10BrFN2OS. The first-order valence-corrected chi connectivity index (χ1v) is 7.62. The summed E-state index contributed by atoms with van der Waals surface area (Å²) in [7, 11) is 0. The zero-order valence-corrected chi connectivity index (χ0v) is 12.7. The van der Waals surface area contributed by atoms with Crippen molar-refractivity contribution in [2.24, 2.45) is 0 Å². The molecule has 0 fully saturated rings. The molecule has 0 spiro atoms. The number of hydrogen-bond acceptors (Lipinski definition) is 4. The van der Waals surface area contributed by atoms with E-state index >= 15 is 0 Å². The maximum absolute atomic E-state index is 13.6. The van der Waals surface area contributed by atoms with E-state index < -0.39 is 0 Å². The third kappa shape index (κ3) is 2.81. The summed E-state index contributed by atoms with van der Waals surface area (Å²) in [5.41, 5.74) is 8.32. The summed E-state index contributed by atoms with van der Waals surface area (Å²) in [6.07, 6.45) is 0. The van der Waals surface area contributed by atoms with Gasteiger partial charge in [-0.15, -0.1) is 0 Å². The number of nitrogens with two attached hydrogens (primary N) is 1. The summed E-state index contributed by atoms with van der Waals surface area (Å²) < 4.78 is 20.1. The number of oxazole rings is 1. The van der Waals surface area contributed by atoms with Crippen LogP contribution in [0.3, 0.4) is 0 Å². The van der Waals surface area contributed by atoms with Gasteiger partial charge in [-0.25, -0.2) is 9.37 Å². The quantitative estimate of drug-likeness (QED) is 0.552. The predicted molar refractivity (Wildman–Crippen MR) is 82.1 cm³/mol. The molecular weight excluding hydrogens is 343 g/mol. The lowest BCUT2D eigenvalue weighted by Gasteiger charge is -2.01. The number of aromatic nitrogens is 1. The predicted octanol–water partition coefficient (Wildman–Crippen LogP) is 4.60. The minimum absolute atomic E-state index is 0.235. The average molecular weight is 353 g/mol. The molecule has 2 N–H and O–H groups in total. The number of rotatable bonds is 3. The fourth-order valence-corrected chi connectivity index (χ4v) is 3.00. The van der Waals surface area contributed by atoms with Gasteiger partial charge in [0.25, 0.3) is 5.22 Å². The molecule has 0 amide bonds. The van der Waals surface area contributed by atoms with Gasteiger partial charge >= 0.3 is 0 Å². The number of hydrogen-bond donors (Lipinski definition) is 1. The topological polar surface area (TPSA) is 52.0 Å². The SMILES string of the molecule is Nc1ccc2oc(SCc3cc(Br)ccc3F)nc2c1. The van der Waals surface area contributed by atoms with Crippen LogP contribution in [0.1, 0.15) is 5.56 Å². The van der Waals surface area contributed by atoms with E-state index in [4.69, 9.17) is 10.2 Å². The summed E-state index contributed by atoms with van der Waals surface area (Å²) in [5.74, 6) is 0.217. The Morgan fingerprint density at radius 2 is 2.10 bits per heavy atom. The zero-order chi connectivity index (χ0) is 14.1. The fourth-order valence-electron chi connectivity index (χ4n) is 1.78. The molecule has 0 aliphatic carbocycles. The largest absolute Gasteiger partial charge is 0.431 e. The number of nitrogen functional groups attached to an aromatic ring is 1. The van der Waals surface area contributed by atoms with E-state index in [0.717, 1.165) is 4.47 Å². The lowest BCUT2D eigenvalue weighted by atomic mass is 10.2. The van der Waals surface area contributed by atoms with Gasteiger partial charge in [-0.3, -0.25) is 0 Å². The molecule has 102 valence electrons. The highest BCUT2D eigenvalue weighted by atomic mass is 79.9. The van der Waals surface area contributed by atoms with Crippen molar-refractivity contribution in [3.63, 3.8) is 0 Å². The van der Waals surface area contributed by atoms with Crippen molar-refractivity contribution in [1.29, 1.82) is 0 Å². The van der Waals surface area contributed by atoms with Crippen LogP contribution in [0.2, 0.25) is 0 Å². The standard InChI is InChI=1S/C14H10BrFN2OS/c15-9-1-3-11(16)8(5-9)7-20-14-18-12-6-10(17)2-4-13(12)19-14/h1-6H,7,17H2. The van der Waals surface area contributed by atoms with Gasteiger partial charge in [0, 0.05) is 15.9 Å². The normalized spacial score (nSPS) is 11.1. The van der Waals surface area contributed by atoms with Crippen LogP contribution in [0.5, 0.6) is 0 Å². The van der Waals surface area contributed by atoms with Crippen molar-refractivity contribution >= 4 is 44.5 Å². The Hall–Kier alpha value is -1.53. The lowest BCUT2D eigenvalue weighted by Crippen LogP contribution is -1.87. The second-order valence-corrected chi connectivity index (χ2v) is 6.07. The van der Waals surface area contributed by atoms with Crippen LogP contribution < -0.4 is 5.73 Å². The van der Waals surface area contributed by atoms with E-state index in [1.54, 1.807) is 30.3 Å². The highest BCUT2D eigenvalue weighted by molar-refractivity contribution is 9.10. The van der Waals surface area contributed by atoms with Gasteiger partial charge in [-0.1, -0.05) is 27.7 Å². The van der Waals surface area contributed by atoms with Crippen LogP contribution in [0.25, 0.3) is 11.1 Å². The van der Waals surface area contributed by atoms with Crippen molar-refractivity contribution in [2.45, 2.75) is 11.0 Å². The first-order chi connectivity index (χ1) is 9.61. The Bertz CT molecular complexity index is 775. The smallest absolute Gasteiger partial charge is 0.257 e. The maximum atomic E-state index is 13.6. The highest BCUT2D eigenvalue weighted by Crippen LogP contribution is 2.28. The third-order valence-corrected chi connectivity index (χ3v) is 4.12. The molecule has 3 aromatic rings. The van der Waals surface area contributed by atoms with Crippen LogP contribution in [0.15, 0.2) is 50.5 Å². The molecule has 0 bridgehead atoms. The van der Waals surface area contributed by atoms with Crippen molar-refractivity contribution in [3.05, 3.63) is 52.3 Å². The summed E-state index contributed by atoms with van der Waals surface area (Å²) in [6, 6.07) is 10.2. The molecule has 0 saturated carbocycles. The Morgan fingerprint density at radius 1 is 1.25 bits per heavy atom. The van der Waals surface area contributed by atoms with Gasteiger partial charge < -0.3 is 10.2 Å². The van der Waals surface area contributed by atoms with Crippen LogP contribution in [0, 0.1) is 5.82 Å². The molecule has 6 heteroatoms. The Labute approximate surface area is 127 Å². The molecule has 0 unspecified atom stereocenters. The summed E-state index contributed by atoms with van der Waals surface area (Å²) >= 11 is 4.68. The Balaban J connectivity index is 1.81. The fraction of sp³-hybridized carbons (Fsp3) is 0.0714. The molecule has 3 nitrogen and oxygen atoms in total. The van der Waals surface area contributed by atoms with E-state index in [2.05, 4.69) is 20.9 Å². The van der Waals surface area contributed by atoms with Crippen LogP contribution in [-0.4, -0.2) is 4.98 Å². The van der Waals surface area contributed by atoms with Gasteiger partial charge in [0.2, 0.25) is 0 Å². The summed E-state index contributed by atoms with van der Waals surface area (Å²) in [5, 5.41) is 0.505. The molecule has 2 aromatic carbocycles. The first-order valence-electron chi connectivity index (χ1n) is 5.84. The number of fused-ring (bicyclic) bond motifs is 1. The number of benzene rings is 2. The van der Waals surface area contributed by atoms with Crippen molar-refractivity contribution in [2.75, 3.05) is 5.73 Å². The molecule has 1 heterocycles. The summed E-state index contributed by atoms with van der Waals surface area (Å²) in [6.45, 7) is 0. The van der Waals surface area contributed by atoms with E-state index in [1.165, 1.54) is 17.8 Å². The van der Waals surface area contributed by atoms with Crippen LogP contribution in [0.4, 0.5) is 10.1 Å². The second-order valence-electron chi connectivity index (χ2n) is 4.23. The van der Waals surface area contributed by atoms with E-state index in [-0.39, 0.29) is 5.82 Å². The molecule has 0 aliphatic rings. The van der Waals surface area contributed by atoms with Crippen molar-refractivity contribution in [1.82, 2.24) is 4.98 Å². The number of nitrogens with zero attached hydrogens (tertiary/aromatic N) is 1. The Morgan fingerprint density at radius 3 is 2.95 bits per heavy atom. The van der Waals surface area contributed by atoms with Crippen molar-refractivity contribution < 1.29 is 8.81 Å². The van der Waals surface area contributed by atoms with E-state index in [0.29, 0.717) is 33.3 Å². The number of anilines is 1. The third-order valence-electron chi connectivity index (χ3n) is 2.75. The lowest BCUT2D eigenvalue weighted by molar-refractivity contribution is 0.489. The summed E-state index contributed by atoms with van der Waals surface area (Å²) in [4.78, 5) is 4.32. The Kier molecular flexibility index (Phi) is 3.67.